The lowest BCUT2D eigenvalue weighted by molar-refractivity contribution is -0.139. The molecule has 1 aromatic heterocycles. The van der Waals surface area contributed by atoms with Gasteiger partial charge >= 0.3 is 0 Å². The molecule has 2 aromatic rings. The topological polar surface area (TPSA) is 73.8 Å². The fourth-order valence-corrected chi connectivity index (χ4v) is 5.13. The van der Waals surface area contributed by atoms with Gasteiger partial charge in [-0.15, -0.1) is 0 Å². The number of benzene rings is 1. The fourth-order valence-electron chi connectivity index (χ4n) is 3.57. The van der Waals surface area contributed by atoms with E-state index in [1.54, 1.807) is 17.3 Å². The SMILES string of the molecule is O=C(C1CN(S(=O)(=O)c2cccc(F)c2)C1)N1CCN(c2ccncc2)CC1. The van der Waals surface area contributed by atoms with E-state index >= 15 is 0 Å². The number of hydrogen-bond donors (Lipinski definition) is 0. The minimum absolute atomic E-state index is 0.0138. The molecule has 0 saturated carbocycles. The number of carbonyl (C=O) groups is 1. The first-order chi connectivity index (χ1) is 13.4. The summed E-state index contributed by atoms with van der Waals surface area (Å²) in [5, 5.41) is 0. The van der Waals surface area contributed by atoms with Crippen molar-refractivity contribution in [3.8, 4) is 0 Å². The highest BCUT2D eigenvalue weighted by atomic mass is 32.2. The van der Waals surface area contributed by atoms with E-state index in [0.717, 1.165) is 24.8 Å². The molecular weight excluding hydrogens is 383 g/mol. The smallest absolute Gasteiger partial charge is 0.243 e. The normalized spacial score (nSPS) is 18.8. The Morgan fingerprint density at radius 1 is 1.04 bits per heavy atom. The monoisotopic (exact) mass is 404 g/mol. The largest absolute Gasteiger partial charge is 0.368 e. The maximum atomic E-state index is 13.3. The number of pyridine rings is 1. The minimum Gasteiger partial charge on any atom is -0.368 e. The van der Waals surface area contributed by atoms with Crippen molar-refractivity contribution in [2.75, 3.05) is 44.2 Å². The first-order valence-electron chi connectivity index (χ1n) is 9.14. The van der Waals surface area contributed by atoms with Gasteiger partial charge in [0.2, 0.25) is 15.9 Å². The molecule has 0 spiro atoms. The third kappa shape index (κ3) is 3.59. The van der Waals surface area contributed by atoms with Gasteiger partial charge in [0.15, 0.2) is 0 Å². The highest BCUT2D eigenvalue weighted by Crippen LogP contribution is 2.27. The Labute approximate surface area is 163 Å². The van der Waals surface area contributed by atoms with Crippen LogP contribution in [0.2, 0.25) is 0 Å². The summed E-state index contributed by atoms with van der Waals surface area (Å²) in [6.07, 6.45) is 3.49. The first-order valence-corrected chi connectivity index (χ1v) is 10.6. The number of piperazine rings is 1. The van der Waals surface area contributed by atoms with Crippen molar-refractivity contribution >= 4 is 21.6 Å². The van der Waals surface area contributed by atoms with Crippen LogP contribution in [0.3, 0.4) is 0 Å². The third-order valence-corrected chi connectivity index (χ3v) is 7.08. The number of halogens is 1. The zero-order valence-corrected chi connectivity index (χ0v) is 16.1. The summed E-state index contributed by atoms with van der Waals surface area (Å²) in [5.41, 5.74) is 1.08. The predicted octanol–water partition coefficient (Wildman–Crippen LogP) is 1.19. The molecular formula is C19H21FN4O3S. The maximum Gasteiger partial charge on any atom is 0.243 e. The molecule has 3 heterocycles. The van der Waals surface area contributed by atoms with E-state index in [4.69, 9.17) is 0 Å². The molecule has 1 aromatic carbocycles. The van der Waals surface area contributed by atoms with Gasteiger partial charge in [-0.05, 0) is 30.3 Å². The number of aromatic nitrogens is 1. The van der Waals surface area contributed by atoms with Crippen LogP contribution in [-0.2, 0) is 14.8 Å². The van der Waals surface area contributed by atoms with Crippen LogP contribution in [-0.4, -0.2) is 67.8 Å². The van der Waals surface area contributed by atoms with Crippen molar-refractivity contribution < 1.29 is 17.6 Å². The molecule has 0 N–H and O–H groups in total. The van der Waals surface area contributed by atoms with E-state index in [1.165, 1.54) is 22.5 Å². The lowest BCUT2D eigenvalue weighted by Crippen LogP contribution is -2.59. The Morgan fingerprint density at radius 2 is 1.71 bits per heavy atom. The van der Waals surface area contributed by atoms with E-state index in [9.17, 15) is 17.6 Å². The predicted molar refractivity (Wildman–Crippen MR) is 102 cm³/mol. The Kier molecular flexibility index (Phi) is 5.03. The highest BCUT2D eigenvalue weighted by molar-refractivity contribution is 7.89. The molecule has 7 nitrogen and oxygen atoms in total. The number of hydrogen-bond acceptors (Lipinski definition) is 5. The van der Waals surface area contributed by atoms with Crippen LogP contribution in [0, 0.1) is 11.7 Å². The molecule has 28 heavy (non-hydrogen) atoms. The minimum atomic E-state index is -3.76. The maximum absolute atomic E-state index is 13.3. The second kappa shape index (κ2) is 7.48. The molecule has 148 valence electrons. The molecule has 2 aliphatic rings. The average molecular weight is 404 g/mol. The Hall–Kier alpha value is -2.52. The Morgan fingerprint density at radius 3 is 2.36 bits per heavy atom. The van der Waals surface area contributed by atoms with Gasteiger partial charge in [0.05, 0.1) is 10.8 Å². The van der Waals surface area contributed by atoms with Crippen molar-refractivity contribution in [2.24, 2.45) is 5.92 Å². The summed E-state index contributed by atoms with van der Waals surface area (Å²) in [5.74, 6) is -0.947. The molecule has 0 bridgehead atoms. The van der Waals surface area contributed by atoms with Crippen molar-refractivity contribution in [3.05, 3.63) is 54.6 Å². The zero-order valence-electron chi connectivity index (χ0n) is 15.2. The highest BCUT2D eigenvalue weighted by Gasteiger charge is 2.42. The van der Waals surface area contributed by atoms with E-state index in [2.05, 4.69) is 9.88 Å². The van der Waals surface area contributed by atoms with Crippen LogP contribution in [0.15, 0.2) is 53.7 Å². The van der Waals surface area contributed by atoms with Crippen molar-refractivity contribution in [1.29, 1.82) is 0 Å². The molecule has 0 unspecified atom stereocenters. The zero-order chi connectivity index (χ0) is 19.7. The van der Waals surface area contributed by atoms with Crippen LogP contribution in [0.5, 0.6) is 0 Å². The third-order valence-electron chi connectivity index (χ3n) is 5.25. The van der Waals surface area contributed by atoms with Gasteiger partial charge in [-0.1, -0.05) is 6.07 Å². The van der Waals surface area contributed by atoms with Gasteiger partial charge < -0.3 is 9.80 Å². The Balaban J connectivity index is 1.32. The second-order valence-electron chi connectivity index (χ2n) is 6.99. The van der Waals surface area contributed by atoms with E-state index < -0.39 is 15.8 Å². The lowest BCUT2D eigenvalue weighted by Gasteiger charge is -2.42. The summed E-state index contributed by atoms with van der Waals surface area (Å²) in [6, 6.07) is 8.83. The number of carbonyl (C=O) groups excluding carboxylic acids is 1. The average Bonchev–Trinajstić information content (AvgIpc) is 2.67. The summed E-state index contributed by atoms with van der Waals surface area (Å²) >= 11 is 0. The summed E-state index contributed by atoms with van der Waals surface area (Å²) in [4.78, 5) is 20.6. The van der Waals surface area contributed by atoms with E-state index in [0.29, 0.717) is 13.1 Å². The lowest BCUT2D eigenvalue weighted by atomic mass is 10.0. The number of sulfonamides is 1. The van der Waals surface area contributed by atoms with Crippen molar-refractivity contribution in [3.63, 3.8) is 0 Å². The molecule has 1 amide bonds. The van der Waals surface area contributed by atoms with Crippen LogP contribution >= 0.6 is 0 Å². The van der Waals surface area contributed by atoms with Crippen molar-refractivity contribution in [1.82, 2.24) is 14.2 Å². The van der Waals surface area contributed by atoms with Crippen LogP contribution in [0.1, 0.15) is 0 Å². The number of rotatable bonds is 4. The fraction of sp³-hybridized carbons (Fsp3) is 0.368. The number of nitrogens with zero attached hydrogens (tertiary/aromatic N) is 4. The molecule has 2 fully saturated rings. The molecule has 2 saturated heterocycles. The van der Waals surface area contributed by atoms with Gasteiger partial charge in [-0.3, -0.25) is 9.78 Å². The second-order valence-corrected chi connectivity index (χ2v) is 8.93. The van der Waals surface area contributed by atoms with Gasteiger partial charge in [-0.2, -0.15) is 4.31 Å². The van der Waals surface area contributed by atoms with Crippen LogP contribution in [0.4, 0.5) is 10.1 Å². The van der Waals surface area contributed by atoms with E-state index in [1.807, 2.05) is 12.1 Å². The van der Waals surface area contributed by atoms with Gasteiger partial charge in [-0.25, -0.2) is 12.8 Å². The molecule has 2 aliphatic heterocycles. The van der Waals surface area contributed by atoms with Crippen molar-refractivity contribution in [2.45, 2.75) is 4.90 Å². The molecule has 0 aliphatic carbocycles. The summed E-state index contributed by atoms with van der Waals surface area (Å²) in [7, 11) is -3.76. The molecule has 4 rings (SSSR count). The van der Waals surface area contributed by atoms with Gasteiger partial charge in [0.1, 0.15) is 5.82 Å². The summed E-state index contributed by atoms with van der Waals surface area (Å²) in [6.45, 7) is 2.95. The van der Waals surface area contributed by atoms with Crippen LogP contribution in [0.25, 0.3) is 0 Å². The molecule has 0 atom stereocenters. The molecule has 9 heteroatoms. The van der Waals surface area contributed by atoms with E-state index in [-0.39, 0.29) is 29.8 Å². The van der Waals surface area contributed by atoms with Gasteiger partial charge in [0.25, 0.3) is 0 Å². The molecule has 0 radical (unpaired) electrons. The number of anilines is 1. The number of amides is 1. The first kappa shape index (κ1) is 18.8. The quantitative estimate of drug-likeness (QED) is 0.765. The van der Waals surface area contributed by atoms with Gasteiger partial charge in [0, 0.05) is 57.3 Å². The van der Waals surface area contributed by atoms with Crippen LogP contribution < -0.4 is 4.90 Å². The standard InChI is InChI=1S/C19H21FN4O3S/c20-16-2-1-3-18(12-16)28(26,27)24-13-15(14-24)19(25)23-10-8-22(9-11-23)17-4-6-21-7-5-17/h1-7,12,15H,8-11,13-14H2. The Bertz CT molecular complexity index is 956. The summed E-state index contributed by atoms with van der Waals surface area (Å²) < 4.78 is 39.6.